The zero-order valence-corrected chi connectivity index (χ0v) is 15.7. The number of hydrogen-bond acceptors (Lipinski definition) is 5. The van der Waals surface area contributed by atoms with Crippen molar-refractivity contribution in [3.05, 3.63) is 57.3 Å². The van der Waals surface area contributed by atoms with Crippen molar-refractivity contribution in [1.82, 2.24) is 9.66 Å². The average molecular weight is 427 g/mol. The highest BCUT2D eigenvalue weighted by molar-refractivity contribution is 7.89. The van der Waals surface area contributed by atoms with Crippen LogP contribution in [0.3, 0.4) is 0 Å². The van der Waals surface area contributed by atoms with E-state index in [-0.39, 0.29) is 25.8 Å². The number of nitrogens with one attached hydrogen (secondary N) is 2. The Bertz CT molecular complexity index is 1260. The number of H-pyrrole nitrogens is 1. The van der Waals surface area contributed by atoms with Crippen LogP contribution in [-0.2, 0) is 10.0 Å². The van der Waals surface area contributed by atoms with Gasteiger partial charge in [0.05, 0.1) is 21.6 Å². The first kappa shape index (κ1) is 19.0. The number of sulfonamides is 1. The van der Waals surface area contributed by atoms with Gasteiger partial charge in [-0.15, -0.1) is 0 Å². The number of rotatable bonds is 4. The van der Waals surface area contributed by atoms with Gasteiger partial charge in [0, 0.05) is 5.56 Å². The largest absolute Gasteiger partial charge is 0.478 e. The van der Waals surface area contributed by atoms with E-state index in [9.17, 15) is 18.0 Å². The Balaban J connectivity index is 2.01. The number of hydrogen-bond donors (Lipinski definition) is 4. The molecule has 3 rings (SSSR count). The molecule has 3 aromatic rings. The Kier molecular flexibility index (Phi) is 4.78. The third-order valence-electron chi connectivity index (χ3n) is 3.64. The van der Waals surface area contributed by atoms with Crippen molar-refractivity contribution in [3.8, 4) is 0 Å². The molecule has 0 aliphatic carbocycles. The predicted octanol–water partition coefficient (Wildman–Crippen LogP) is 2.08. The fourth-order valence-electron chi connectivity index (χ4n) is 2.38. The number of halogens is 1. The fraction of sp³-hybridized carbons (Fsp3) is 0. The number of fused-ring (bicyclic) bond motifs is 1. The zero-order valence-electron chi connectivity index (χ0n) is 13.3. The molecule has 0 atom stereocenters. The second kappa shape index (κ2) is 6.78. The summed E-state index contributed by atoms with van der Waals surface area (Å²) in [5.74, 6) is -1.78. The van der Waals surface area contributed by atoms with Crippen LogP contribution in [0.15, 0.2) is 41.3 Å². The zero-order chi connectivity index (χ0) is 19.9. The van der Waals surface area contributed by atoms with Crippen LogP contribution in [0, 0.1) is 4.77 Å². The standard InChI is InChI=1S/C15H11ClN4O5S2/c16-9-3-1-7(6-12(9)27(17,24)25)13(21)19-20-11-4-2-8(14(22)23)5-10(11)18-15(20)26/h1-6H,(H,18,26)(H,19,21)(H,22,23)(H2,17,24,25). The molecule has 0 aliphatic heterocycles. The van der Waals surface area contributed by atoms with Gasteiger partial charge in [0.15, 0.2) is 4.77 Å². The molecule has 0 unspecified atom stereocenters. The van der Waals surface area contributed by atoms with Crippen molar-refractivity contribution in [2.75, 3.05) is 5.43 Å². The summed E-state index contributed by atoms with van der Waals surface area (Å²) in [5.41, 5.74) is 3.38. The quantitative estimate of drug-likeness (QED) is 0.469. The second-order valence-corrected chi connectivity index (χ2v) is 7.76. The smallest absolute Gasteiger partial charge is 0.335 e. The summed E-state index contributed by atoms with van der Waals surface area (Å²) in [5, 5.41) is 14.0. The maximum Gasteiger partial charge on any atom is 0.335 e. The van der Waals surface area contributed by atoms with E-state index in [4.69, 9.17) is 34.1 Å². The number of benzene rings is 2. The van der Waals surface area contributed by atoms with E-state index in [2.05, 4.69) is 10.4 Å². The monoisotopic (exact) mass is 426 g/mol. The topological polar surface area (TPSA) is 147 Å². The van der Waals surface area contributed by atoms with Gasteiger partial charge in [0.2, 0.25) is 10.0 Å². The van der Waals surface area contributed by atoms with E-state index < -0.39 is 21.9 Å². The Labute approximate surface area is 162 Å². The Hall–Kier alpha value is -2.73. The molecule has 1 aromatic heterocycles. The van der Waals surface area contributed by atoms with Gasteiger partial charge in [0.1, 0.15) is 4.90 Å². The highest BCUT2D eigenvalue weighted by Gasteiger charge is 2.17. The van der Waals surface area contributed by atoms with Crippen LogP contribution in [0.1, 0.15) is 20.7 Å². The number of carboxylic acids is 1. The molecule has 0 spiro atoms. The molecule has 1 amide bonds. The lowest BCUT2D eigenvalue weighted by Crippen LogP contribution is -2.23. The number of carbonyl (C=O) groups is 2. The van der Waals surface area contributed by atoms with Gasteiger partial charge in [-0.25, -0.2) is 23.0 Å². The predicted molar refractivity (Wildman–Crippen MR) is 101 cm³/mol. The summed E-state index contributed by atoms with van der Waals surface area (Å²) < 4.78 is 24.4. The Morgan fingerprint density at radius 2 is 1.85 bits per heavy atom. The molecule has 0 aliphatic rings. The van der Waals surface area contributed by atoms with Crippen LogP contribution in [0.4, 0.5) is 0 Å². The summed E-state index contributed by atoms with van der Waals surface area (Å²) in [6.45, 7) is 0. The van der Waals surface area contributed by atoms with Gasteiger partial charge in [-0.3, -0.25) is 10.2 Å². The molecular weight excluding hydrogens is 416 g/mol. The molecule has 12 heteroatoms. The van der Waals surface area contributed by atoms with E-state index in [1.54, 1.807) is 0 Å². The van der Waals surface area contributed by atoms with Crippen molar-refractivity contribution < 1.29 is 23.1 Å². The van der Waals surface area contributed by atoms with E-state index in [0.29, 0.717) is 11.0 Å². The number of primary sulfonamides is 1. The van der Waals surface area contributed by atoms with Crippen LogP contribution >= 0.6 is 23.8 Å². The minimum atomic E-state index is -4.11. The number of aromatic nitrogens is 2. The van der Waals surface area contributed by atoms with Gasteiger partial charge < -0.3 is 10.1 Å². The number of nitrogens with two attached hydrogens (primary N) is 1. The number of imidazole rings is 1. The van der Waals surface area contributed by atoms with Crippen molar-refractivity contribution in [3.63, 3.8) is 0 Å². The van der Waals surface area contributed by atoms with Crippen molar-refractivity contribution in [1.29, 1.82) is 0 Å². The summed E-state index contributed by atoms with van der Waals surface area (Å²) in [4.78, 5) is 26.0. The number of carbonyl (C=O) groups excluding carboxylic acids is 1. The van der Waals surface area contributed by atoms with E-state index >= 15 is 0 Å². The van der Waals surface area contributed by atoms with Gasteiger partial charge in [-0.1, -0.05) is 11.6 Å². The van der Waals surface area contributed by atoms with E-state index in [1.165, 1.54) is 35.0 Å². The molecule has 0 saturated carbocycles. The molecule has 5 N–H and O–H groups in total. The van der Waals surface area contributed by atoms with E-state index in [0.717, 1.165) is 6.07 Å². The molecule has 0 saturated heterocycles. The van der Waals surface area contributed by atoms with Gasteiger partial charge in [0.25, 0.3) is 5.91 Å². The van der Waals surface area contributed by atoms with Crippen LogP contribution < -0.4 is 10.6 Å². The van der Waals surface area contributed by atoms with Crippen molar-refractivity contribution in [2.45, 2.75) is 4.90 Å². The minimum Gasteiger partial charge on any atom is -0.478 e. The lowest BCUT2D eigenvalue weighted by atomic mass is 10.2. The lowest BCUT2D eigenvalue weighted by Gasteiger charge is -2.09. The van der Waals surface area contributed by atoms with E-state index in [1.807, 2.05) is 0 Å². The number of amides is 1. The molecule has 27 heavy (non-hydrogen) atoms. The molecule has 0 radical (unpaired) electrons. The Morgan fingerprint density at radius 3 is 2.48 bits per heavy atom. The molecule has 140 valence electrons. The number of nitrogens with zero attached hydrogens (tertiary/aromatic N) is 1. The van der Waals surface area contributed by atoms with Crippen molar-refractivity contribution in [2.24, 2.45) is 5.14 Å². The number of aromatic carboxylic acids is 1. The number of carboxylic acid groups (broad SMARTS) is 1. The summed E-state index contributed by atoms with van der Waals surface area (Å²) >= 11 is 11.0. The SMILES string of the molecule is NS(=O)(=O)c1cc(C(=O)Nn2c(=S)[nH]c3cc(C(=O)O)ccc32)ccc1Cl. The van der Waals surface area contributed by atoms with Crippen LogP contribution in [0.5, 0.6) is 0 Å². The summed E-state index contributed by atoms with van der Waals surface area (Å²) in [7, 11) is -4.11. The first-order valence-corrected chi connectivity index (χ1v) is 9.53. The van der Waals surface area contributed by atoms with Crippen LogP contribution in [0.2, 0.25) is 5.02 Å². The van der Waals surface area contributed by atoms with Gasteiger partial charge in [-0.05, 0) is 48.6 Å². The maximum absolute atomic E-state index is 12.5. The first-order chi connectivity index (χ1) is 12.6. The third-order valence-corrected chi connectivity index (χ3v) is 5.32. The van der Waals surface area contributed by atoms with Crippen LogP contribution in [0.25, 0.3) is 11.0 Å². The third kappa shape index (κ3) is 3.71. The average Bonchev–Trinajstić information content (AvgIpc) is 2.89. The molecule has 0 bridgehead atoms. The fourth-order valence-corrected chi connectivity index (χ4v) is 3.71. The Morgan fingerprint density at radius 1 is 1.19 bits per heavy atom. The summed E-state index contributed by atoms with van der Waals surface area (Å²) in [6, 6.07) is 7.82. The summed E-state index contributed by atoms with van der Waals surface area (Å²) in [6.07, 6.45) is 0. The lowest BCUT2D eigenvalue weighted by molar-refractivity contribution is 0.0696. The minimum absolute atomic E-state index is 0.0122. The maximum atomic E-state index is 12.5. The highest BCUT2D eigenvalue weighted by Crippen LogP contribution is 2.22. The normalized spacial score (nSPS) is 11.5. The number of aromatic amines is 1. The molecule has 9 nitrogen and oxygen atoms in total. The van der Waals surface area contributed by atoms with Gasteiger partial charge >= 0.3 is 5.97 Å². The molecule has 0 fully saturated rings. The van der Waals surface area contributed by atoms with Gasteiger partial charge in [-0.2, -0.15) is 0 Å². The highest BCUT2D eigenvalue weighted by atomic mass is 35.5. The molecule has 1 heterocycles. The molecule has 2 aromatic carbocycles. The molecular formula is C15H11ClN4O5S2. The first-order valence-electron chi connectivity index (χ1n) is 7.20. The van der Waals surface area contributed by atoms with Crippen LogP contribution in [-0.4, -0.2) is 35.1 Å². The second-order valence-electron chi connectivity index (χ2n) is 5.43. The van der Waals surface area contributed by atoms with Crippen molar-refractivity contribution >= 4 is 56.8 Å².